The molecular weight excluding hydrogens is 288 g/mol. The molecule has 18 heavy (non-hydrogen) atoms. The highest BCUT2D eigenvalue weighted by atomic mass is 79.9. The molecule has 0 saturated carbocycles. The molecule has 0 radical (unpaired) electrons. The fraction of sp³-hybridized carbons (Fsp3) is 0.600. The van der Waals surface area contributed by atoms with Crippen molar-refractivity contribution in [3.05, 3.63) is 28.2 Å². The summed E-state index contributed by atoms with van der Waals surface area (Å²) in [4.78, 5) is 2.52. The number of nitrogens with zero attached hydrogens (tertiary/aromatic N) is 1. The number of nitrogens with one attached hydrogen (secondary N) is 1. The van der Waals surface area contributed by atoms with Gasteiger partial charge in [0.1, 0.15) is 0 Å². The predicted octanol–water partition coefficient (Wildman–Crippen LogP) is 4.11. The van der Waals surface area contributed by atoms with E-state index >= 15 is 0 Å². The van der Waals surface area contributed by atoms with E-state index in [1.807, 2.05) is 0 Å². The Kier molecular flexibility index (Phi) is 5.07. The van der Waals surface area contributed by atoms with E-state index in [9.17, 15) is 0 Å². The molecule has 0 bridgehead atoms. The largest absolute Gasteiger partial charge is 0.371 e. The van der Waals surface area contributed by atoms with Crippen LogP contribution in [-0.2, 0) is 0 Å². The molecule has 0 aromatic heterocycles. The van der Waals surface area contributed by atoms with Crippen LogP contribution in [0.15, 0.2) is 22.7 Å². The van der Waals surface area contributed by atoms with Crippen LogP contribution in [0.1, 0.15) is 44.7 Å². The highest BCUT2D eigenvalue weighted by Crippen LogP contribution is 2.31. The fourth-order valence-electron chi connectivity index (χ4n) is 2.59. The van der Waals surface area contributed by atoms with E-state index in [1.54, 1.807) is 0 Å². The smallest absolute Gasteiger partial charge is 0.0425 e. The first-order valence-electron chi connectivity index (χ1n) is 7.00. The Balaban J connectivity index is 2.22. The van der Waals surface area contributed by atoms with Gasteiger partial charge in [0.15, 0.2) is 0 Å². The zero-order valence-electron chi connectivity index (χ0n) is 11.4. The van der Waals surface area contributed by atoms with Crippen molar-refractivity contribution in [2.24, 2.45) is 0 Å². The van der Waals surface area contributed by atoms with Gasteiger partial charge in [-0.05, 0) is 50.4 Å². The number of anilines is 1. The molecule has 1 aromatic carbocycles. The summed E-state index contributed by atoms with van der Waals surface area (Å²) in [5.41, 5.74) is 2.83. The number of rotatable bonds is 5. The molecule has 2 nitrogen and oxygen atoms in total. The van der Waals surface area contributed by atoms with Crippen molar-refractivity contribution in [2.75, 3.05) is 24.5 Å². The maximum atomic E-state index is 3.60. The molecule has 1 saturated heterocycles. The van der Waals surface area contributed by atoms with Crippen LogP contribution in [0.3, 0.4) is 0 Å². The molecule has 1 heterocycles. The molecule has 100 valence electrons. The van der Waals surface area contributed by atoms with E-state index in [2.05, 4.69) is 58.2 Å². The van der Waals surface area contributed by atoms with Gasteiger partial charge in [-0.2, -0.15) is 0 Å². The van der Waals surface area contributed by atoms with Crippen molar-refractivity contribution in [3.63, 3.8) is 0 Å². The molecule has 1 fully saturated rings. The van der Waals surface area contributed by atoms with Crippen molar-refractivity contribution in [2.45, 2.75) is 39.2 Å². The lowest BCUT2D eigenvalue weighted by Gasteiger charge is -2.25. The maximum Gasteiger partial charge on any atom is 0.0425 e. The average molecular weight is 311 g/mol. The van der Waals surface area contributed by atoms with Crippen LogP contribution < -0.4 is 10.2 Å². The van der Waals surface area contributed by atoms with Crippen LogP contribution in [0.5, 0.6) is 0 Å². The van der Waals surface area contributed by atoms with Gasteiger partial charge in [-0.15, -0.1) is 0 Å². The lowest BCUT2D eigenvalue weighted by molar-refractivity contribution is 0.570. The molecule has 1 unspecified atom stereocenters. The lowest BCUT2D eigenvalue weighted by Crippen LogP contribution is -2.24. The average Bonchev–Trinajstić information content (AvgIpc) is 2.89. The van der Waals surface area contributed by atoms with Crippen LogP contribution in [0.2, 0.25) is 0 Å². The summed E-state index contributed by atoms with van der Waals surface area (Å²) < 4.78 is 1.18. The van der Waals surface area contributed by atoms with Gasteiger partial charge in [-0.1, -0.05) is 28.9 Å². The lowest BCUT2D eigenvalue weighted by atomic mass is 10.1. The van der Waals surface area contributed by atoms with Gasteiger partial charge in [0.25, 0.3) is 0 Å². The highest BCUT2D eigenvalue weighted by Gasteiger charge is 2.18. The molecule has 0 aliphatic carbocycles. The standard InChI is InChI=1S/C15H23BrN2/c1-3-8-17-12(2)14-7-6-13(16)11-15(14)18-9-4-5-10-18/h6-7,11-12,17H,3-5,8-10H2,1-2H3. The van der Waals surface area contributed by atoms with Gasteiger partial charge in [-0.25, -0.2) is 0 Å². The minimum atomic E-state index is 0.425. The molecule has 1 aliphatic heterocycles. The number of hydrogen-bond donors (Lipinski definition) is 1. The van der Waals surface area contributed by atoms with Crippen LogP contribution in [0.25, 0.3) is 0 Å². The van der Waals surface area contributed by atoms with Crippen LogP contribution in [0, 0.1) is 0 Å². The Morgan fingerprint density at radius 1 is 1.33 bits per heavy atom. The molecule has 1 aromatic rings. The Morgan fingerprint density at radius 3 is 2.72 bits per heavy atom. The van der Waals surface area contributed by atoms with Crippen molar-refractivity contribution in [1.29, 1.82) is 0 Å². The first kappa shape index (κ1) is 13.9. The number of hydrogen-bond acceptors (Lipinski definition) is 2. The SMILES string of the molecule is CCCNC(C)c1ccc(Br)cc1N1CCCC1. The molecule has 1 atom stereocenters. The zero-order chi connectivity index (χ0) is 13.0. The van der Waals surface area contributed by atoms with Gasteiger partial charge >= 0.3 is 0 Å². The summed E-state index contributed by atoms with van der Waals surface area (Å²) in [7, 11) is 0. The van der Waals surface area contributed by atoms with Crippen LogP contribution in [-0.4, -0.2) is 19.6 Å². The van der Waals surface area contributed by atoms with E-state index in [4.69, 9.17) is 0 Å². The summed E-state index contributed by atoms with van der Waals surface area (Å²) in [6, 6.07) is 7.10. The van der Waals surface area contributed by atoms with E-state index in [-0.39, 0.29) is 0 Å². The van der Waals surface area contributed by atoms with Gasteiger partial charge in [-0.3, -0.25) is 0 Å². The summed E-state index contributed by atoms with van der Waals surface area (Å²) in [6.45, 7) is 7.95. The number of halogens is 1. The van der Waals surface area contributed by atoms with Crippen molar-refractivity contribution in [3.8, 4) is 0 Å². The molecule has 0 spiro atoms. The predicted molar refractivity (Wildman–Crippen MR) is 82.3 cm³/mol. The first-order valence-corrected chi connectivity index (χ1v) is 7.79. The monoisotopic (exact) mass is 310 g/mol. The Morgan fingerprint density at radius 2 is 2.06 bits per heavy atom. The molecule has 3 heteroatoms. The third-order valence-corrected chi connectivity index (χ3v) is 4.10. The fourth-order valence-corrected chi connectivity index (χ4v) is 2.93. The quantitative estimate of drug-likeness (QED) is 0.880. The minimum absolute atomic E-state index is 0.425. The van der Waals surface area contributed by atoms with E-state index in [1.165, 1.54) is 48.1 Å². The molecule has 0 amide bonds. The first-order chi connectivity index (χ1) is 8.72. The van der Waals surface area contributed by atoms with Gasteiger partial charge in [0, 0.05) is 29.3 Å². The molecular formula is C15H23BrN2. The normalized spacial score (nSPS) is 17.2. The Hall–Kier alpha value is -0.540. The van der Waals surface area contributed by atoms with E-state index < -0.39 is 0 Å². The van der Waals surface area contributed by atoms with Crippen molar-refractivity contribution < 1.29 is 0 Å². The van der Waals surface area contributed by atoms with Gasteiger partial charge in [0.2, 0.25) is 0 Å². The van der Waals surface area contributed by atoms with Crippen molar-refractivity contribution >= 4 is 21.6 Å². The molecule has 1 N–H and O–H groups in total. The second kappa shape index (κ2) is 6.58. The third kappa shape index (κ3) is 3.27. The topological polar surface area (TPSA) is 15.3 Å². The van der Waals surface area contributed by atoms with E-state index in [0.717, 1.165) is 6.54 Å². The second-order valence-electron chi connectivity index (χ2n) is 5.07. The Bertz CT molecular complexity index is 386. The Labute approximate surface area is 119 Å². The van der Waals surface area contributed by atoms with Gasteiger partial charge in [0.05, 0.1) is 0 Å². The summed E-state index contributed by atoms with van der Waals surface area (Å²) in [6.07, 6.45) is 3.82. The second-order valence-corrected chi connectivity index (χ2v) is 5.99. The molecule has 2 rings (SSSR count). The highest BCUT2D eigenvalue weighted by molar-refractivity contribution is 9.10. The maximum absolute atomic E-state index is 3.60. The van der Waals surface area contributed by atoms with Crippen molar-refractivity contribution in [1.82, 2.24) is 5.32 Å². The summed E-state index contributed by atoms with van der Waals surface area (Å²) in [5, 5.41) is 3.59. The minimum Gasteiger partial charge on any atom is -0.371 e. The van der Waals surface area contributed by atoms with Gasteiger partial charge < -0.3 is 10.2 Å². The number of benzene rings is 1. The van der Waals surface area contributed by atoms with E-state index in [0.29, 0.717) is 6.04 Å². The van der Waals surface area contributed by atoms with Crippen LogP contribution in [0.4, 0.5) is 5.69 Å². The summed E-state index contributed by atoms with van der Waals surface area (Å²) >= 11 is 3.60. The summed E-state index contributed by atoms with van der Waals surface area (Å²) in [5.74, 6) is 0. The molecule has 1 aliphatic rings. The third-order valence-electron chi connectivity index (χ3n) is 3.61. The van der Waals surface area contributed by atoms with Crippen LogP contribution >= 0.6 is 15.9 Å². The zero-order valence-corrected chi connectivity index (χ0v) is 13.0.